The number of nitrogens with one attached hydrogen (secondary N) is 1. The first-order chi connectivity index (χ1) is 13.8. The highest BCUT2D eigenvalue weighted by Gasteiger charge is 2.19. The van der Waals surface area contributed by atoms with Gasteiger partial charge in [-0.05, 0) is 30.2 Å². The summed E-state index contributed by atoms with van der Waals surface area (Å²) in [5.74, 6) is -0.319. The number of hydrogen-bond donors (Lipinski definition) is 1. The predicted molar refractivity (Wildman–Crippen MR) is 112 cm³/mol. The van der Waals surface area contributed by atoms with Crippen molar-refractivity contribution in [2.75, 3.05) is 19.4 Å². The Bertz CT molecular complexity index is 1110. The van der Waals surface area contributed by atoms with Crippen molar-refractivity contribution in [3.8, 4) is 0 Å². The lowest BCUT2D eigenvalue weighted by Crippen LogP contribution is -2.22. The molecule has 0 saturated carbocycles. The number of nitrogens with zero attached hydrogens (tertiary/aromatic N) is 3. The van der Waals surface area contributed by atoms with Crippen LogP contribution >= 0.6 is 0 Å². The van der Waals surface area contributed by atoms with E-state index in [9.17, 15) is 13.2 Å². The summed E-state index contributed by atoms with van der Waals surface area (Å²) >= 11 is 0. The number of carbonyl (C=O) groups is 1. The van der Waals surface area contributed by atoms with E-state index in [1.165, 1.54) is 26.2 Å². The van der Waals surface area contributed by atoms with Gasteiger partial charge in [-0.15, -0.1) is 0 Å². The smallest absolute Gasteiger partial charge is 0.259 e. The average Bonchev–Trinajstić information content (AvgIpc) is 3.11. The Morgan fingerprint density at radius 1 is 1.10 bits per heavy atom. The van der Waals surface area contributed by atoms with Gasteiger partial charge in [-0.3, -0.25) is 9.48 Å². The van der Waals surface area contributed by atoms with Gasteiger partial charge >= 0.3 is 0 Å². The summed E-state index contributed by atoms with van der Waals surface area (Å²) in [6.45, 7) is 2.55. The van der Waals surface area contributed by atoms with Crippen molar-refractivity contribution in [3.63, 3.8) is 0 Å². The van der Waals surface area contributed by atoms with Crippen molar-refractivity contribution in [3.05, 3.63) is 77.6 Å². The molecule has 0 atom stereocenters. The molecule has 3 aromatic rings. The zero-order chi connectivity index (χ0) is 21.0. The van der Waals surface area contributed by atoms with Gasteiger partial charge in [0.05, 0.1) is 28.9 Å². The topological polar surface area (TPSA) is 84.3 Å². The summed E-state index contributed by atoms with van der Waals surface area (Å²) in [6.07, 6.45) is 2.20. The van der Waals surface area contributed by atoms with Crippen LogP contribution in [0.2, 0.25) is 0 Å². The van der Waals surface area contributed by atoms with Crippen molar-refractivity contribution < 1.29 is 13.2 Å². The number of anilines is 1. The Labute approximate surface area is 171 Å². The maximum atomic E-state index is 12.8. The molecule has 0 radical (unpaired) electrons. The van der Waals surface area contributed by atoms with E-state index in [1.807, 2.05) is 41.9 Å². The predicted octanol–water partition coefficient (Wildman–Crippen LogP) is 3.00. The fraction of sp³-hybridized carbons (Fsp3) is 0.238. The van der Waals surface area contributed by atoms with Gasteiger partial charge in [0.15, 0.2) is 0 Å². The third kappa shape index (κ3) is 4.55. The van der Waals surface area contributed by atoms with Crippen LogP contribution in [-0.4, -0.2) is 42.5 Å². The van der Waals surface area contributed by atoms with Crippen molar-refractivity contribution >= 4 is 21.6 Å². The highest BCUT2D eigenvalue weighted by atomic mass is 32.2. The quantitative estimate of drug-likeness (QED) is 0.647. The third-order valence-corrected chi connectivity index (χ3v) is 6.38. The van der Waals surface area contributed by atoms with E-state index in [1.54, 1.807) is 18.3 Å². The second kappa shape index (κ2) is 8.59. The van der Waals surface area contributed by atoms with Crippen molar-refractivity contribution in [2.45, 2.75) is 24.8 Å². The largest absolute Gasteiger partial charge is 0.322 e. The van der Waals surface area contributed by atoms with Gasteiger partial charge in [0.2, 0.25) is 10.0 Å². The summed E-state index contributed by atoms with van der Waals surface area (Å²) in [5, 5.41) is 7.16. The number of benzene rings is 2. The monoisotopic (exact) mass is 412 g/mol. The fourth-order valence-corrected chi connectivity index (χ4v) is 3.96. The second-order valence-electron chi connectivity index (χ2n) is 6.77. The second-order valence-corrected chi connectivity index (χ2v) is 8.92. The minimum atomic E-state index is -3.58. The summed E-state index contributed by atoms with van der Waals surface area (Å²) in [4.78, 5) is 13.0. The molecule has 0 fully saturated rings. The normalized spacial score (nSPS) is 11.6. The van der Waals surface area contributed by atoms with Gasteiger partial charge in [0.25, 0.3) is 5.91 Å². The minimum Gasteiger partial charge on any atom is -0.322 e. The van der Waals surface area contributed by atoms with Gasteiger partial charge in [0, 0.05) is 19.8 Å². The van der Waals surface area contributed by atoms with Crippen LogP contribution in [0.3, 0.4) is 0 Å². The van der Waals surface area contributed by atoms with Crippen LogP contribution in [0.4, 0.5) is 5.69 Å². The van der Waals surface area contributed by atoms with Crippen LogP contribution in [0, 0.1) is 0 Å². The van der Waals surface area contributed by atoms with Crippen molar-refractivity contribution in [1.29, 1.82) is 0 Å². The van der Waals surface area contributed by atoms with E-state index in [0.717, 1.165) is 15.6 Å². The number of sulfonamides is 1. The first-order valence-electron chi connectivity index (χ1n) is 9.25. The summed E-state index contributed by atoms with van der Waals surface area (Å²) in [6, 6.07) is 16.1. The van der Waals surface area contributed by atoms with Crippen LogP contribution < -0.4 is 5.32 Å². The molecule has 1 heterocycles. The van der Waals surface area contributed by atoms with Crippen LogP contribution in [-0.2, 0) is 23.0 Å². The number of aromatic nitrogens is 2. The molecule has 29 heavy (non-hydrogen) atoms. The molecule has 0 saturated heterocycles. The van der Waals surface area contributed by atoms with E-state index < -0.39 is 10.0 Å². The first-order valence-corrected chi connectivity index (χ1v) is 10.7. The summed E-state index contributed by atoms with van der Waals surface area (Å²) in [7, 11) is -0.643. The molecular weight excluding hydrogens is 388 g/mol. The number of hydrogen-bond acceptors (Lipinski definition) is 4. The third-order valence-electron chi connectivity index (χ3n) is 4.57. The molecule has 0 spiro atoms. The Balaban J connectivity index is 1.83. The van der Waals surface area contributed by atoms with E-state index in [4.69, 9.17) is 0 Å². The zero-order valence-corrected chi connectivity index (χ0v) is 17.5. The maximum Gasteiger partial charge on any atom is 0.259 e. The zero-order valence-electron chi connectivity index (χ0n) is 16.7. The van der Waals surface area contributed by atoms with Gasteiger partial charge in [-0.2, -0.15) is 5.10 Å². The van der Waals surface area contributed by atoms with Gasteiger partial charge in [0.1, 0.15) is 0 Å². The molecule has 8 heteroatoms. The average molecular weight is 413 g/mol. The Kier molecular flexibility index (Phi) is 6.14. The summed E-state index contributed by atoms with van der Waals surface area (Å²) in [5.41, 5.74) is 2.81. The van der Waals surface area contributed by atoms with Crippen LogP contribution in [0.15, 0.2) is 65.7 Å². The number of amides is 1. The van der Waals surface area contributed by atoms with E-state index in [2.05, 4.69) is 10.4 Å². The fourth-order valence-electron chi connectivity index (χ4n) is 3.01. The van der Waals surface area contributed by atoms with Crippen LogP contribution in [0.1, 0.15) is 28.5 Å². The van der Waals surface area contributed by atoms with Crippen molar-refractivity contribution in [2.24, 2.45) is 0 Å². The van der Waals surface area contributed by atoms with E-state index in [-0.39, 0.29) is 10.8 Å². The molecule has 0 bridgehead atoms. The highest BCUT2D eigenvalue weighted by Crippen LogP contribution is 2.20. The number of carbonyl (C=O) groups excluding carboxylic acids is 1. The van der Waals surface area contributed by atoms with Crippen LogP contribution in [0.5, 0.6) is 0 Å². The minimum absolute atomic E-state index is 0.121. The molecule has 0 aliphatic rings. The summed E-state index contributed by atoms with van der Waals surface area (Å²) < 4.78 is 27.6. The molecule has 7 nitrogen and oxygen atoms in total. The molecule has 3 rings (SSSR count). The Morgan fingerprint density at radius 3 is 2.48 bits per heavy atom. The molecule has 0 aliphatic heterocycles. The standard InChI is InChI=1S/C21H24N4O3S/c1-4-20-19(14-22-25(20)15-16-9-6-5-7-10-16)21(26)23-17-11-8-12-18(13-17)29(27,28)24(2)3/h5-14H,4,15H2,1-3H3,(H,23,26). The van der Waals surface area contributed by atoms with Crippen LogP contribution in [0.25, 0.3) is 0 Å². The molecule has 1 N–H and O–H groups in total. The van der Waals surface area contributed by atoms with Gasteiger partial charge < -0.3 is 5.32 Å². The Hall–Kier alpha value is -2.97. The molecule has 0 aliphatic carbocycles. The molecular formula is C21H24N4O3S. The molecule has 0 unspecified atom stereocenters. The molecule has 2 aromatic carbocycles. The first kappa shape index (κ1) is 20.8. The molecule has 1 aromatic heterocycles. The lowest BCUT2D eigenvalue weighted by atomic mass is 10.1. The SMILES string of the molecule is CCc1c(C(=O)Nc2cccc(S(=O)(=O)N(C)C)c2)cnn1Cc1ccccc1. The van der Waals surface area contributed by atoms with E-state index in [0.29, 0.717) is 24.2 Å². The number of rotatable bonds is 7. The maximum absolute atomic E-state index is 12.8. The highest BCUT2D eigenvalue weighted by molar-refractivity contribution is 7.89. The Morgan fingerprint density at radius 2 is 1.83 bits per heavy atom. The molecule has 1 amide bonds. The lowest BCUT2D eigenvalue weighted by molar-refractivity contribution is 0.102. The lowest BCUT2D eigenvalue weighted by Gasteiger charge is -2.13. The van der Waals surface area contributed by atoms with Gasteiger partial charge in [-0.1, -0.05) is 43.3 Å². The van der Waals surface area contributed by atoms with Gasteiger partial charge in [-0.25, -0.2) is 12.7 Å². The van der Waals surface area contributed by atoms with Crippen molar-refractivity contribution in [1.82, 2.24) is 14.1 Å². The van der Waals surface area contributed by atoms with E-state index >= 15 is 0 Å². The molecule has 152 valence electrons.